The zero-order valence-corrected chi connectivity index (χ0v) is 5.81. The summed E-state index contributed by atoms with van der Waals surface area (Å²) in [6.07, 6.45) is 1.39. The fourth-order valence-corrected chi connectivity index (χ4v) is 1.19. The molecule has 1 heterocycles. The Morgan fingerprint density at radius 1 is 1.90 bits per heavy atom. The van der Waals surface area contributed by atoms with Crippen LogP contribution in [0.15, 0.2) is 6.20 Å². The van der Waals surface area contributed by atoms with Crippen LogP contribution in [0.5, 0.6) is 0 Å². The number of nitrogens with zero attached hydrogens (tertiary/aromatic N) is 1. The van der Waals surface area contributed by atoms with Crippen molar-refractivity contribution in [3.05, 3.63) is 11.1 Å². The van der Waals surface area contributed by atoms with E-state index in [1.165, 1.54) is 6.20 Å². The van der Waals surface area contributed by atoms with Gasteiger partial charge in [-0.05, 0) is 0 Å². The smallest absolute Gasteiger partial charge is 0.308 e. The number of rotatable bonds is 2. The maximum absolute atomic E-state index is 10.1. The van der Waals surface area contributed by atoms with Crippen LogP contribution in [-0.2, 0) is 11.2 Å². The first kappa shape index (κ1) is 7.01. The van der Waals surface area contributed by atoms with Crippen LogP contribution in [-0.4, -0.2) is 16.1 Å². The van der Waals surface area contributed by atoms with Gasteiger partial charge in [0.15, 0.2) is 0 Å². The van der Waals surface area contributed by atoms with Gasteiger partial charge in [0.2, 0.25) is 5.13 Å². The molecule has 4 nitrogen and oxygen atoms in total. The molecule has 0 aromatic carbocycles. The minimum absolute atomic E-state index is 0.0312. The number of carboxylic acid groups (broad SMARTS) is 1. The molecule has 53 valence electrons. The van der Waals surface area contributed by atoms with Crippen LogP contribution in [0, 0.1) is 0 Å². The summed E-state index contributed by atoms with van der Waals surface area (Å²) < 4.78 is 0. The SMILES string of the molecule is [NH]c1ncc(CC(=O)O)s1. The molecule has 0 unspecified atom stereocenters. The average molecular weight is 157 g/mol. The molecule has 0 amide bonds. The summed E-state index contributed by atoms with van der Waals surface area (Å²) in [5.41, 5.74) is 6.97. The van der Waals surface area contributed by atoms with Crippen LogP contribution in [0.3, 0.4) is 0 Å². The van der Waals surface area contributed by atoms with Crippen LogP contribution in [0.4, 0.5) is 5.13 Å². The molecule has 0 aliphatic rings. The van der Waals surface area contributed by atoms with Crippen LogP contribution in [0.2, 0.25) is 0 Å². The van der Waals surface area contributed by atoms with Crippen molar-refractivity contribution >= 4 is 22.4 Å². The third-order valence-corrected chi connectivity index (χ3v) is 1.69. The summed E-state index contributed by atoms with van der Waals surface area (Å²) in [5, 5.41) is 8.46. The van der Waals surface area contributed by atoms with E-state index >= 15 is 0 Å². The van der Waals surface area contributed by atoms with Crippen molar-refractivity contribution in [3.63, 3.8) is 0 Å². The summed E-state index contributed by atoms with van der Waals surface area (Å²) in [6, 6.07) is 0. The zero-order valence-electron chi connectivity index (χ0n) is 5.00. The Morgan fingerprint density at radius 2 is 2.60 bits per heavy atom. The lowest BCUT2D eigenvalue weighted by atomic mass is 10.4. The Bertz CT molecular complexity index is 246. The fourth-order valence-electron chi connectivity index (χ4n) is 0.538. The number of hydrogen-bond donors (Lipinski definition) is 1. The summed E-state index contributed by atoms with van der Waals surface area (Å²) in [6.45, 7) is 0. The van der Waals surface area contributed by atoms with Gasteiger partial charge in [-0.15, -0.1) is 0 Å². The Morgan fingerprint density at radius 3 is 3.00 bits per heavy atom. The van der Waals surface area contributed by atoms with Gasteiger partial charge in [-0.2, -0.15) is 0 Å². The van der Waals surface area contributed by atoms with Crippen molar-refractivity contribution in [3.8, 4) is 0 Å². The van der Waals surface area contributed by atoms with Gasteiger partial charge in [0.05, 0.1) is 6.42 Å². The van der Waals surface area contributed by atoms with Crippen LogP contribution in [0.1, 0.15) is 4.88 Å². The molecule has 0 bridgehead atoms. The van der Waals surface area contributed by atoms with E-state index in [1.54, 1.807) is 0 Å². The number of aliphatic carboxylic acids is 1. The average Bonchev–Trinajstić information content (AvgIpc) is 2.13. The highest BCUT2D eigenvalue weighted by Crippen LogP contribution is 2.15. The lowest BCUT2D eigenvalue weighted by molar-refractivity contribution is -0.136. The first-order valence-electron chi connectivity index (χ1n) is 2.56. The molecule has 0 saturated carbocycles. The van der Waals surface area contributed by atoms with Crippen molar-refractivity contribution in [2.75, 3.05) is 0 Å². The Kier molecular flexibility index (Phi) is 1.86. The molecule has 0 saturated heterocycles. The van der Waals surface area contributed by atoms with E-state index in [-0.39, 0.29) is 11.6 Å². The van der Waals surface area contributed by atoms with E-state index < -0.39 is 5.97 Å². The van der Waals surface area contributed by atoms with Crippen LogP contribution < -0.4 is 5.73 Å². The molecule has 10 heavy (non-hydrogen) atoms. The maximum Gasteiger partial charge on any atom is 0.308 e. The maximum atomic E-state index is 10.1. The molecular weight excluding hydrogens is 152 g/mol. The van der Waals surface area contributed by atoms with Crippen molar-refractivity contribution in [2.24, 2.45) is 0 Å². The quantitative estimate of drug-likeness (QED) is 0.686. The number of nitrogens with one attached hydrogen (secondary N) is 1. The summed E-state index contributed by atoms with van der Waals surface area (Å²) in [5.74, 6) is -0.886. The molecule has 0 aliphatic carbocycles. The van der Waals surface area contributed by atoms with Crippen molar-refractivity contribution in [2.45, 2.75) is 6.42 Å². The topological polar surface area (TPSA) is 74.0 Å². The Balaban J connectivity index is 2.67. The normalized spacial score (nSPS) is 9.60. The molecule has 1 aromatic rings. The number of carbonyl (C=O) groups is 1. The Labute approximate surface area is 61.3 Å². The monoisotopic (exact) mass is 157 g/mol. The van der Waals surface area contributed by atoms with E-state index in [0.29, 0.717) is 4.88 Å². The molecule has 5 heteroatoms. The molecule has 0 fully saturated rings. The highest BCUT2D eigenvalue weighted by molar-refractivity contribution is 7.15. The minimum atomic E-state index is -0.886. The number of aromatic nitrogens is 1. The van der Waals surface area contributed by atoms with Gasteiger partial charge >= 0.3 is 5.97 Å². The van der Waals surface area contributed by atoms with Crippen LogP contribution >= 0.6 is 11.3 Å². The third-order valence-electron chi connectivity index (χ3n) is 0.879. The van der Waals surface area contributed by atoms with Crippen LogP contribution in [0.25, 0.3) is 0 Å². The van der Waals surface area contributed by atoms with E-state index in [4.69, 9.17) is 10.8 Å². The molecule has 1 radical (unpaired) electrons. The van der Waals surface area contributed by atoms with Gasteiger partial charge in [-0.3, -0.25) is 10.5 Å². The summed E-state index contributed by atoms with van der Waals surface area (Å²) >= 11 is 1.09. The molecule has 0 spiro atoms. The largest absolute Gasteiger partial charge is 0.481 e. The van der Waals surface area contributed by atoms with Gasteiger partial charge < -0.3 is 5.11 Å². The van der Waals surface area contributed by atoms with Gasteiger partial charge in [0.1, 0.15) is 0 Å². The van der Waals surface area contributed by atoms with Crippen molar-refractivity contribution in [1.29, 1.82) is 0 Å². The molecule has 1 aromatic heterocycles. The summed E-state index contributed by atoms with van der Waals surface area (Å²) in [4.78, 5) is 14.3. The zero-order chi connectivity index (χ0) is 7.56. The molecule has 1 rings (SSSR count). The predicted octanol–water partition coefficient (Wildman–Crippen LogP) is 0.685. The highest BCUT2D eigenvalue weighted by Gasteiger charge is 2.03. The van der Waals surface area contributed by atoms with Gasteiger partial charge in [-0.1, -0.05) is 11.3 Å². The van der Waals surface area contributed by atoms with Crippen molar-refractivity contribution < 1.29 is 9.90 Å². The third kappa shape index (κ3) is 1.70. The van der Waals surface area contributed by atoms with E-state index in [9.17, 15) is 4.79 Å². The molecule has 2 N–H and O–H groups in total. The first-order valence-corrected chi connectivity index (χ1v) is 3.38. The lowest BCUT2D eigenvalue weighted by Gasteiger charge is -1.84. The van der Waals surface area contributed by atoms with E-state index in [0.717, 1.165) is 11.3 Å². The van der Waals surface area contributed by atoms with E-state index in [2.05, 4.69) is 4.98 Å². The fraction of sp³-hybridized carbons (Fsp3) is 0.200. The molecule has 0 aliphatic heterocycles. The second kappa shape index (κ2) is 2.66. The number of carboxylic acids is 1. The Hall–Kier alpha value is -1.10. The predicted molar refractivity (Wildman–Crippen MR) is 36.2 cm³/mol. The second-order valence-electron chi connectivity index (χ2n) is 1.70. The molecular formula is C5H5N2O2S. The van der Waals surface area contributed by atoms with E-state index in [1.807, 2.05) is 0 Å². The minimum Gasteiger partial charge on any atom is -0.481 e. The highest BCUT2D eigenvalue weighted by atomic mass is 32.1. The lowest BCUT2D eigenvalue weighted by Crippen LogP contribution is -1.96. The van der Waals surface area contributed by atoms with Gasteiger partial charge in [-0.25, -0.2) is 4.98 Å². The first-order chi connectivity index (χ1) is 4.68. The van der Waals surface area contributed by atoms with Crippen molar-refractivity contribution in [1.82, 2.24) is 10.7 Å². The summed E-state index contributed by atoms with van der Waals surface area (Å²) in [7, 11) is 0. The second-order valence-corrected chi connectivity index (χ2v) is 2.82. The van der Waals surface area contributed by atoms with Gasteiger partial charge in [0, 0.05) is 11.1 Å². The number of thiazole rings is 1. The number of hydrogen-bond acceptors (Lipinski definition) is 3. The molecule has 0 atom stereocenters. The standard InChI is InChI=1S/C5H5N2O2S/c6-5-7-2-3(10-5)1-4(8)9/h2,6H,1H2,(H,8,9). The van der Waals surface area contributed by atoms with Gasteiger partial charge in [0.25, 0.3) is 0 Å².